The summed E-state index contributed by atoms with van der Waals surface area (Å²) in [5, 5.41) is 8.65. The quantitative estimate of drug-likeness (QED) is 0.383. The van der Waals surface area contributed by atoms with Crippen molar-refractivity contribution in [3.8, 4) is 0 Å². The van der Waals surface area contributed by atoms with E-state index in [-0.39, 0.29) is 18.8 Å². The van der Waals surface area contributed by atoms with Gasteiger partial charge in [-0.2, -0.15) is 0 Å². The maximum atomic E-state index is 8.65. The Labute approximate surface area is 147 Å². The lowest BCUT2D eigenvalue weighted by atomic mass is 10.2. The van der Waals surface area contributed by atoms with Crippen LogP contribution >= 0.6 is 0 Å². The van der Waals surface area contributed by atoms with Crippen LogP contribution in [0.1, 0.15) is 47.0 Å². The van der Waals surface area contributed by atoms with Crippen molar-refractivity contribution in [3.05, 3.63) is 0 Å². The number of aliphatic hydroxyl groups is 1. The molecule has 0 saturated heterocycles. The minimum atomic E-state index is -0.0161. The van der Waals surface area contributed by atoms with Gasteiger partial charge in [0.05, 0.1) is 71.2 Å². The Bertz CT molecular complexity index is 252. The molecule has 0 heterocycles. The van der Waals surface area contributed by atoms with Gasteiger partial charge in [-0.25, -0.2) is 0 Å². The molecule has 0 spiro atoms. The van der Waals surface area contributed by atoms with Gasteiger partial charge in [0.1, 0.15) is 0 Å². The van der Waals surface area contributed by atoms with E-state index in [4.69, 9.17) is 28.8 Å². The molecule has 0 aliphatic rings. The van der Waals surface area contributed by atoms with Crippen LogP contribution in [-0.4, -0.2) is 76.3 Å². The molecule has 3 unspecified atom stereocenters. The van der Waals surface area contributed by atoms with Gasteiger partial charge < -0.3 is 28.8 Å². The Balaban J connectivity index is 3.39. The maximum absolute atomic E-state index is 8.65. The highest BCUT2D eigenvalue weighted by atomic mass is 16.6. The number of hydrogen-bond donors (Lipinski definition) is 1. The molecule has 0 bridgehead atoms. The molecule has 0 aliphatic carbocycles. The highest BCUT2D eigenvalue weighted by molar-refractivity contribution is 4.54. The lowest BCUT2D eigenvalue weighted by Crippen LogP contribution is -2.23. The first kappa shape index (κ1) is 23.8. The molecule has 0 aromatic heterocycles. The summed E-state index contributed by atoms with van der Waals surface area (Å²) in [6, 6.07) is 0. The van der Waals surface area contributed by atoms with Crippen molar-refractivity contribution in [2.24, 2.45) is 0 Å². The van der Waals surface area contributed by atoms with Crippen molar-refractivity contribution in [1.29, 1.82) is 0 Å². The third-order valence-electron chi connectivity index (χ3n) is 3.48. The fraction of sp³-hybridized carbons (Fsp3) is 1.00. The first-order valence-electron chi connectivity index (χ1n) is 9.25. The largest absolute Gasteiger partial charge is 0.394 e. The molecule has 0 aromatic carbocycles. The Morgan fingerprint density at radius 2 is 1.29 bits per heavy atom. The van der Waals surface area contributed by atoms with Gasteiger partial charge in [0, 0.05) is 0 Å². The van der Waals surface area contributed by atoms with E-state index in [0.29, 0.717) is 52.4 Å². The molecule has 0 aromatic rings. The summed E-state index contributed by atoms with van der Waals surface area (Å²) >= 11 is 0. The van der Waals surface area contributed by atoms with Crippen LogP contribution in [0.5, 0.6) is 0 Å². The summed E-state index contributed by atoms with van der Waals surface area (Å²) in [6.07, 6.45) is 3.69. The first-order chi connectivity index (χ1) is 11.6. The van der Waals surface area contributed by atoms with Crippen molar-refractivity contribution in [2.45, 2.75) is 65.3 Å². The molecule has 6 heteroatoms. The molecule has 0 amide bonds. The van der Waals surface area contributed by atoms with E-state index in [9.17, 15) is 0 Å². The summed E-state index contributed by atoms with van der Waals surface area (Å²) in [5.41, 5.74) is 0. The van der Waals surface area contributed by atoms with Gasteiger partial charge in [-0.05, 0) is 26.7 Å². The molecule has 0 fully saturated rings. The van der Waals surface area contributed by atoms with Crippen LogP contribution < -0.4 is 0 Å². The zero-order chi connectivity index (χ0) is 18.0. The fourth-order valence-electron chi connectivity index (χ4n) is 2.16. The fourth-order valence-corrected chi connectivity index (χ4v) is 2.16. The zero-order valence-corrected chi connectivity index (χ0v) is 16.0. The Morgan fingerprint density at radius 3 is 1.79 bits per heavy atom. The van der Waals surface area contributed by atoms with Gasteiger partial charge in [0.15, 0.2) is 0 Å². The highest BCUT2D eigenvalue weighted by Crippen LogP contribution is 2.05. The summed E-state index contributed by atoms with van der Waals surface area (Å²) in [5.74, 6) is 0. The number of rotatable bonds is 18. The Kier molecular flexibility index (Phi) is 17.4. The van der Waals surface area contributed by atoms with Crippen molar-refractivity contribution in [3.63, 3.8) is 0 Å². The first-order valence-corrected chi connectivity index (χ1v) is 9.25. The second-order valence-electron chi connectivity index (χ2n) is 5.93. The van der Waals surface area contributed by atoms with Crippen LogP contribution in [-0.2, 0) is 23.7 Å². The van der Waals surface area contributed by atoms with Crippen molar-refractivity contribution in [1.82, 2.24) is 0 Å². The molecule has 0 saturated carbocycles. The molecule has 146 valence electrons. The van der Waals surface area contributed by atoms with Gasteiger partial charge in [-0.3, -0.25) is 0 Å². The summed E-state index contributed by atoms with van der Waals surface area (Å²) < 4.78 is 27.7. The van der Waals surface area contributed by atoms with Crippen molar-refractivity contribution < 1.29 is 28.8 Å². The minimum Gasteiger partial charge on any atom is -0.394 e. The van der Waals surface area contributed by atoms with E-state index in [1.165, 1.54) is 0 Å². The normalized spacial score (nSPS) is 15.4. The van der Waals surface area contributed by atoms with Gasteiger partial charge >= 0.3 is 0 Å². The summed E-state index contributed by atoms with van der Waals surface area (Å²) in [7, 11) is 0. The topological polar surface area (TPSA) is 66.4 Å². The SMILES string of the molecule is CCCC(CC)OCCOCC(C)OCCOCC(C)OCCO. The predicted molar refractivity (Wildman–Crippen MR) is 94.5 cm³/mol. The summed E-state index contributed by atoms with van der Waals surface area (Å²) in [6.45, 7) is 12.0. The molecule has 3 atom stereocenters. The van der Waals surface area contributed by atoms with Crippen LogP contribution in [0.4, 0.5) is 0 Å². The zero-order valence-electron chi connectivity index (χ0n) is 16.0. The molecule has 24 heavy (non-hydrogen) atoms. The lowest BCUT2D eigenvalue weighted by Gasteiger charge is -2.17. The van der Waals surface area contributed by atoms with E-state index in [2.05, 4.69) is 13.8 Å². The maximum Gasteiger partial charge on any atom is 0.0781 e. The number of ether oxygens (including phenoxy) is 5. The highest BCUT2D eigenvalue weighted by Gasteiger charge is 2.06. The van der Waals surface area contributed by atoms with Gasteiger partial charge in [-0.1, -0.05) is 20.3 Å². The van der Waals surface area contributed by atoms with E-state index in [1.807, 2.05) is 13.8 Å². The third-order valence-corrected chi connectivity index (χ3v) is 3.48. The molecule has 1 N–H and O–H groups in total. The summed E-state index contributed by atoms with van der Waals surface area (Å²) in [4.78, 5) is 0. The van der Waals surface area contributed by atoms with Crippen molar-refractivity contribution in [2.75, 3.05) is 52.9 Å². The van der Waals surface area contributed by atoms with Gasteiger partial charge in [0.2, 0.25) is 0 Å². The van der Waals surface area contributed by atoms with Crippen molar-refractivity contribution >= 4 is 0 Å². The smallest absolute Gasteiger partial charge is 0.0781 e. The van der Waals surface area contributed by atoms with Crippen LogP contribution in [0.2, 0.25) is 0 Å². The average Bonchev–Trinajstić information content (AvgIpc) is 2.58. The monoisotopic (exact) mass is 350 g/mol. The van der Waals surface area contributed by atoms with Crippen LogP contribution in [0, 0.1) is 0 Å². The van der Waals surface area contributed by atoms with E-state index in [1.54, 1.807) is 0 Å². The number of aliphatic hydroxyl groups excluding tert-OH is 1. The predicted octanol–water partition coefficient (Wildman–Crippen LogP) is 2.42. The second kappa shape index (κ2) is 17.6. The van der Waals surface area contributed by atoms with E-state index in [0.717, 1.165) is 19.3 Å². The van der Waals surface area contributed by atoms with Crippen LogP contribution in [0.15, 0.2) is 0 Å². The molecule has 0 aliphatic heterocycles. The second-order valence-corrected chi connectivity index (χ2v) is 5.93. The third kappa shape index (κ3) is 15.3. The average molecular weight is 350 g/mol. The minimum absolute atomic E-state index is 0.0161. The Morgan fingerprint density at radius 1 is 0.750 bits per heavy atom. The Hall–Kier alpha value is -0.240. The lowest BCUT2D eigenvalue weighted by molar-refractivity contribution is -0.0612. The van der Waals surface area contributed by atoms with E-state index >= 15 is 0 Å². The standard InChI is InChI=1S/C18H38O6/c1-5-7-18(6-2)24-13-11-21-15-17(4)23-12-10-20-14-16(3)22-9-8-19/h16-19H,5-15H2,1-4H3. The van der Waals surface area contributed by atoms with E-state index < -0.39 is 0 Å². The van der Waals surface area contributed by atoms with Crippen LogP contribution in [0.3, 0.4) is 0 Å². The van der Waals surface area contributed by atoms with Gasteiger partial charge in [0.25, 0.3) is 0 Å². The molecule has 0 rings (SSSR count). The molecular weight excluding hydrogens is 312 g/mol. The molecule has 0 radical (unpaired) electrons. The van der Waals surface area contributed by atoms with Gasteiger partial charge in [-0.15, -0.1) is 0 Å². The molecular formula is C18H38O6. The number of hydrogen-bond acceptors (Lipinski definition) is 6. The molecule has 6 nitrogen and oxygen atoms in total. The van der Waals surface area contributed by atoms with Crippen LogP contribution in [0.25, 0.3) is 0 Å².